The lowest BCUT2D eigenvalue weighted by Gasteiger charge is -2.16. The van der Waals surface area contributed by atoms with Crippen molar-refractivity contribution in [2.45, 2.75) is 16.7 Å². The van der Waals surface area contributed by atoms with Crippen LogP contribution in [0.4, 0.5) is 0 Å². The number of aliphatic hydroxyl groups is 2. The third kappa shape index (κ3) is 2.62. The van der Waals surface area contributed by atoms with Crippen LogP contribution in [-0.4, -0.2) is 32.4 Å². The number of thiazole rings is 1. The Hall–Kier alpha value is -0.870. The van der Waals surface area contributed by atoms with E-state index in [1.165, 1.54) is 13.1 Å². The van der Waals surface area contributed by atoms with E-state index < -0.39 is 22.1 Å². The largest absolute Gasteiger partial charge is 0.393 e. The fourth-order valence-electron chi connectivity index (χ4n) is 0.827. The molecule has 0 bridgehead atoms. The first kappa shape index (κ1) is 13.2. The zero-order valence-electron chi connectivity index (χ0n) is 8.36. The van der Waals surface area contributed by atoms with Gasteiger partial charge >= 0.3 is 0 Å². The van der Waals surface area contributed by atoms with E-state index in [-0.39, 0.29) is 15.6 Å². The molecule has 0 saturated heterocycles. The van der Waals surface area contributed by atoms with Crippen molar-refractivity contribution in [2.24, 2.45) is 9.50 Å². The molecule has 0 aromatic carbocycles. The van der Waals surface area contributed by atoms with Crippen LogP contribution in [0.3, 0.4) is 0 Å². The standard InChI is InChI=1S/C7H11N3O4S2/c1-7(13,3-11)6-9-2-5(15-6)16(8,14)10-4-12/h2,4,11,13H,3H2,1H3,(H2,8,10,12,14). The minimum Gasteiger partial charge on any atom is -0.393 e. The summed E-state index contributed by atoms with van der Waals surface area (Å²) in [5.74, 6) is 0. The van der Waals surface area contributed by atoms with Crippen LogP contribution in [-0.2, 0) is 20.3 Å². The number of hydrogen-bond donors (Lipinski definition) is 3. The van der Waals surface area contributed by atoms with Gasteiger partial charge in [0.2, 0.25) is 6.41 Å². The molecule has 1 aromatic heterocycles. The molecule has 16 heavy (non-hydrogen) atoms. The average Bonchev–Trinajstić information content (AvgIpc) is 2.67. The second kappa shape index (κ2) is 4.55. The maximum Gasteiger partial charge on any atom is 0.242 e. The molecule has 7 nitrogen and oxygen atoms in total. The quantitative estimate of drug-likeness (QED) is 0.614. The first-order valence-electron chi connectivity index (χ1n) is 4.11. The van der Waals surface area contributed by atoms with Gasteiger partial charge in [-0.05, 0) is 6.92 Å². The minimum atomic E-state index is -3.29. The van der Waals surface area contributed by atoms with Crippen LogP contribution in [0.15, 0.2) is 14.8 Å². The van der Waals surface area contributed by atoms with Crippen LogP contribution in [0.5, 0.6) is 0 Å². The van der Waals surface area contributed by atoms with Crippen molar-refractivity contribution in [3.8, 4) is 0 Å². The van der Waals surface area contributed by atoms with Crippen molar-refractivity contribution in [3.63, 3.8) is 0 Å². The van der Waals surface area contributed by atoms with Gasteiger partial charge in [0.05, 0.1) is 12.8 Å². The SMILES string of the molecule is CC(O)(CO)c1ncc(S(N)(=O)=NC=O)s1. The molecule has 1 amide bonds. The normalized spacial score (nSPS) is 18.5. The highest BCUT2D eigenvalue weighted by molar-refractivity contribution is 7.93. The van der Waals surface area contributed by atoms with E-state index in [1.807, 2.05) is 0 Å². The van der Waals surface area contributed by atoms with Gasteiger partial charge in [-0.1, -0.05) is 0 Å². The monoisotopic (exact) mass is 265 g/mol. The van der Waals surface area contributed by atoms with Crippen LogP contribution in [0.2, 0.25) is 0 Å². The molecule has 0 radical (unpaired) electrons. The molecule has 0 saturated carbocycles. The fourth-order valence-corrected chi connectivity index (χ4v) is 2.79. The second-order valence-corrected chi connectivity index (χ2v) is 6.27. The van der Waals surface area contributed by atoms with Gasteiger partial charge in [0, 0.05) is 0 Å². The molecule has 1 heterocycles. The lowest BCUT2D eigenvalue weighted by molar-refractivity contribution is -0.106. The molecular weight excluding hydrogens is 254 g/mol. The Morgan fingerprint density at radius 1 is 1.81 bits per heavy atom. The molecular formula is C7H11N3O4S2. The summed E-state index contributed by atoms with van der Waals surface area (Å²) in [4.78, 5) is 13.9. The lowest BCUT2D eigenvalue weighted by atomic mass is 10.1. The number of aliphatic hydroxyl groups excluding tert-OH is 1. The van der Waals surface area contributed by atoms with Gasteiger partial charge in [0.25, 0.3) is 0 Å². The number of amides is 1. The van der Waals surface area contributed by atoms with E-state index in [1.54, 1.807) is 0 Å². The predicted molar refractivity (Wildman–Crippen MR) is 57.9 cm³/mol. The summed E-state index contributed by atoms with van der Waals surface area (Å²) < 4.78 is 14.8. The van der Waals surface area contributed by atoms with Crippen molar-refractivity contribution in [1.29, 1.82) is 0 Å². The van der Waals surface area contributed by atoms with Gasteiger partial charge in [-0.3, -0.25) is 4.79 Å². The molecule has 9 heteroatoms. The van der Waals surface area contributed by atoms with E-state index in [0.717, 1.165) is 11.3 Å². The maximum atomic E-state index is 11.6. The molecule has 0 fully saturated rings. The summed E-state index contributed by atoms with van der Waals surface area (Å²) >= 11 is 0.837. The van der Waals surface area contributed by atoms with Crippen molar-refractivity contribution in [2.75, 3.05) is 6.61 Å². The van der Waals surface area contributed by atoms with Crippen molar-refractivity contribution in [3.05, 3.63) is 11.2 Å². The van der Waals surface area contributed by atoms with Gasteiger partial charge in [0.1, 0.15) is 14.8 Å². The number of carbonyl (C=O) groups is 1. The predicted octanol–water partition coefficient (Wildman–Crippen LogP) is -0.800. The highest BCUT2D eigenvalue weighted by Gasteiger charge is 2.27. The Morgan fingerprint density at radius 3 is 2.94 bits per heavy atom. The fraction of sp³-hybridized carbons (Fsp3) is 0.429. The molecule has 1 rings (SSSR count). The van der Waals surface area contributed by atoms with Crippen molar-refractivity contribution >= 4 is 27.7 Å². The van der Waals surface area contributed by atoms with E-state index in [2.05, 4.69) is 9.35 Å². The lowest BCUT2D eigenvalue weighted by Crippen LogP contribution is -2.25. The smallest absolute Gasteiger partial charge is 0.242 e. The number of rotatable bonds is 4. The van der Waals surface area contributed by atoms with Crippen LogP contribution in [0.25, 0.3) is 0 Å². The zero-order chi connectivity index (χ0) is 12.4. The number of nitrogens with zero attached hydrogens (tertiary/aromatic N) is 2. The molecule has 1 aromatic rings. The first-order chi connectivity index (χ1) is 7.33. The average molecular weight is 265 g/mol. The highest BCUT2D eigenvalue weighted by atomic mass is 32.2. The van der Waals surface area contributed by atoms with Gasteiger partial charge in [-0.2, -0.15) is 0 Å². The molecule has 2 atom stereocenters. The van der Waals surface area contributed by atoms with Gasteiger partial charge in [0.15, 0.2) is 9.92 Å². The van der Waals surface area contributed by atoms with Crippen LogP contribution >= 0.6 is 11.3 Å². The Morgan fingerprint density at radius 2 is 2.44 bits per heavy atom. The van der Waals surface area contributed by atoms with E-state index in [0.29, 0.717) is 0 Å². The Bertz CT molecular complexity index is 501. The summed E-state index contributed by atoms with van der Waals surface area (Å²) in [6, 6.07) is 0. The van der Waals surface area contributed by atoms with Crippen molar-refractivity contribution < 1.29 is 19.2 Å². The summed E-state index contributed by atoms with van der Waals surface area (Å²) in [6.45, 7) is 0.821. The molecule has 0 aliphatic carbocycles. The van der Waals surface area contributed by atoms with Gasteiger partial charge in [-0.15, -0.1) is 15.7 Å². The molecule has 0 aliphatic rings. The van der Waals surface area contributed by atoms with Crippen LogP contribution < -0.4 is 5.14 Å². The summed E-state index contributed by atoms with van der Waals surface area (Å²) in [5.41, 5.74) is -1.53. The summed E-state index contributed by atoms with van der Waals surface area (Å²) in [7, 11) is -3.29. The Kier molecular flexibility index (Phi) is 3.76. The topological polar surface area (TPSA) is 126 Å². The molecule has 90 valence electrons. The molecule has 0 spiro atoms. The number of carbonyl (C=O) groups excluding carboxylic acids is 1. The number of aromatic nitrogens is 1. The molecule has 0 aliphatic heterocycles. The highest BCUT2D eigenvalue weighted by Crippen LogP contribution is 2.27. The summed E-state index contributed by atoms with van der Waals surface area (Å²) in [6.07, 6.45) is 1.27. The van der Waals surface area contributed by atoms with Crippen LogP contribution in [0.1, 0.15) is 11.9 Å². The van der Waals surface area contributed by atoms with Crippen molar-refractivity contribution in [1.82, 2.24) is 4.98 Å². The van der Waals surface area contributed by atoms with E-state index >= 15 is 0 Å². The number of hydrogen-bond acceptors (Lipinski definition) is 6. The Labute approximate surface area is 96.3 Å². The van der Waals surface area contributed by atoms with Crippen LogP contribution in [0, 0.1) is 0 Å². The summed E-state index contributed by atoms with van der Waals surface area (Å²) in [5, 5.41) is 24.0. The third-order valence-corrected chi connectivity index (χ3v) is 4.83. The zero-order valence-corrected chi connectivity index (χ0v) is 9.99. The maximum absolute atomic E-state index is 11.6. The minimum absolute atomic E-state index is 0.0725. The van der Waals surface area contributed by atoms with Gasteiger partial charge < -0.3 is 10.2 Å². The van der Waals surface area contributed by atoms with E-state index in [4.69, 9.17) is 10.2 Å². The van der Waals surface area contributed by atoms with Gasteiger partial charge in [-0.25, -0.2) is 14.3 Å². The first-order valence-corrected chi connectivity index (χ1v) is 6.50. The molecule has 2 unspecified atom stereocenters. The Balaban J connectivity index is 3.20. The molecule has 4 N–H and O–H groups in total. The second-order valence-electron chi connectivity index (χ2n) is 3.20. The third-order valence-electron chi connectivity index (χ3n) is 1.74. The number of nitrogens with two attached hydrogens (primary N) is 1. The van der Waals surface area contributed by atoms with E-state index in [9.17, 15) is 14.1 Å².